The van der Waals surface area contributed by atoms with Gasteiger partial charge >= 0.3 is 17.1 Å². The van der Waals surface area contributed by atoms with Crippen molar-refractivity contribution < 1.29 is 35.8 Å². The van der Waals surface area contributed by atoms with Gasteiger partial charge in [-0.3, -0.25) is 9.59 Å². The molecule has 4 fully saturated rings. The quantitative estimate of drug-likeness (QED) is 0.0621. The highest BCUT2D eigenvalue weighted by Gasteiger charge is 2.33. The molecule has 414 valence electrons. The Hall–Kier alpha value is -5.59. The number of aromatic nitrogens is 4. The number of hydrogen-bond donors (Lipinski definition) is 0. The van der Waals surface area contributed by atoms with E-state index in [2.05, 4.69) is 10.2 Å². The fourth-order valence-corrected chi connectivity index (χ4v) is 15.7. The number of carbonyl (C=O) groups excluding carboxylic acids is 1. The van der Waals surface area contributed by atoms with E-state index in [1.807, 2.05) is 40.1 Å². The number of piperazine rings is 2. The molecule has 2 aliphatic heterocycles. The highest BCUT2D eigenvalue weighted by molar-refractivity contribution is 8.12. The molecule has 4 aromatic carbocycles. The second-order valence-corrected chi connectivity index (χ2v) is 26.7. The summed E-state index contributed by atoms with van der Waals surface area (Å²) in [5, 5.41) is 9.66. The molecule has 0 amide bonds. The van der Waals surface area contributed by atoms with E-state index in [9.17, 15) is 31.2 Å². The van der Waals surface area contributed by atoms with Gasteiger partial charge in [0.1, 0.15) is 21.5 Å². The Bertz CT molecular complexity index is 3400. The highest BCUT2D eigenvalue weighted by Crippen LogP contribution is 2.34. The van der Waals surface area contributed by atoms with Crippen LogP contribution in [0.5, 0.6) is 11.5 Å². The third kappa shape index (κ3) is 14.2. The summed E-state index contributed by atoms with van der Waals surface area (Å²) in [6.07, 6.45) is 11.0. The van der Waals surface area contributed by atoms with Gasteiger partial charge in [0, 0.05) is 72.2 Å². The summed E-state index contributed by atoms with van der Waals surface area (Å²) >= 11 is 14.8. The Balaban J connectivity index is 0.000000191. The maximum atomic E-state index is 13.6. The highest BCUT2D eigenvalue weighted by atomic mass is 35.5. The Kier molecular flexibility index (Phi) is 19.1. The number of sulfonamides is 2. The molecule has 2 saturated carbocycles. The molecule has 78 heavy (non-hydrogen) atoms. The van der Waals surface area contributed by atoms with Crippen molar-refractivity contribution >= 4 is 84.1 Å². The second kappa shape index (κ2) is 26.1. The number of rotatable bonds is 17. The maximum absolute atomic E-state index is 13.6. The number of esters is 1. The van der Waals surface area contributed by atoms with Crippen LogP contribution < -0.4 is 30.4 Å². The fourth-order valence-electron chi connectivity index (χ4n) is 9.66. The molecule has 2 saturated heterocycles. The van der Waals surface area contributed by atoms with Gasteiger partial charge in [0.05, 0.1) is 48.6 Å². The topological polar surface area (TPSA) is 196 Å². The minimum atomic E-state index is -3.58. The molecule has 10 rings (SSSR count). The van der Waals surface area contributed by atoms with Gasteiger partial charge in [-0.2, -0.15) is 28.2 Å². The molecule has 0 unspecified atom stereocenters. The van der Waals surface area contributed by atoms with Gasteiger partial charge in [-0.15, -0.1) is 23.5 Å². The fraction of sp³-hybridized carbons (Fsp3) is 0.389. The molecule has 6 aromatic rings. The van der Waals surface area contributed by atoms with Crippen LogP contribution in [-0.4, -0.2) is 133 Å². The van der Waals surface area contributed by atoms with Gasteiger partial charge in [-0.25, -0.2) is 21.6 Å². The van der Waals surface area contributed by atoms with E-state index in [4.69, 9.17) is 37.4 Å². The summed E-state index contributed by atoms with van der Waals surface area (Å²) in [5.41, 5.74) is 1.91. The summed E-state index contributed by atoms with van der Waals surface area (Å²) in [7, 11) is -5.71. The van der Waals surface area contributed by atoms with Crippen LogP contribution in [0.3, 0.4) is 0 Å². The van der Waals surface area contributed by atoms with Gasteiger partial charge in [-0.05, 0) is 118 Å². The smallest absolute Gasteiger partial charge is 0.337 e. The van der Waals surface area contributed by atoms with Crippen LogP contribution in [0.1, 0.15) is 61.7 Å². The Morgan fingerprint density at radius 3 is 1.42 bits per heavy atom. The Morgan fingerprint density at radius 2 is 0.987 bits per heavy atom. The van der Waals surface area contributed by atoms with Crippen LogP contribution >= 0.6 is 46.7 Å². The number of anilines is 2. The molecular formula is C54H60Cl2N8O10S4. The van der Waals surface area contributed by atoms with Gasteiger partial charge in [0.2, 0.25) is 31.5 Å². The number of hydrogen-bond acceptors (Lipinski definition) is 16. The number of benzene rings is 4. The first-order chi connectivity index (χ1) is 37.7. The third-order valence-electron chi connectivity index (χ3n) is 13.8. The van der Waals surface area contributed by atoms with E-state index in [0.717, 1.165) is 68.0 Å². The first kappa shape index (κ1) is 57.1. The molecular weight excluding hydrogens is 1120 g/mol. The number of methoxy groups -OCH3 is 1. The molecule has 0 spiro atoms. The number of carbonyl (C=O) groups is 1. The zero-order valence-electron chi connectivity index (χ0n) is 42.9. The average molecular weight is 1180 g/mol. The maximum Gasteiger partial charge on any atom is 0.337 e. The number of thioether (sulfide) groups is 2. The van der Waals surface area contributed by atoms with Crippen molar-refractivity contribution in [3.63, 3.8) is 0 Å². The lowest BCUT2D eigenvalue weighted by Gasteiger charge is -2.36. The lowest BCUT2D eigenvalue weighted by atomic mass is 10.2. The summed E-state index contributed by atoms with van der Waals surface area (Å²) in [5.74, 6) is 0.0134. The molecule has 0 bridgehead atoms. The van der Waals surface area contributed by atoms with Crippen molar-refractivity contribution in [2.45, 2.75) is 73.4 Å². The van der Waals surface area contributed by atoms with Crippen LogP contribution in [0.4, 0.5) is 11.4 Å². The van der Waals surface area contributed by atoms with E-state index in [1.165, 1.54) is 36.8 Å². The van der Waals surface area contributed by atoms with Crippen molar-refractivity contribution in [3.05, 3.63) is 152 Å². The second-order valence-electron chi connectivity index (χ2n) is 19.0. The predicted molar refractivity (Wildman–Crippen MR) is 307 cm³/mol. The summed E-state index contributed by atoms with van der Waals surface area (Å²) in [6, 6.07) is 30.1. The minimum Gasteiger partial charge on any atom is -0.483 e. The van der Waals surface area contributed by atoms with E-state index in [-0.39, 0.29) is 58.1 Å². The monoisotopic (exact) mass is 1180 g/mol. The number of ether oxygens (including phenoxy) is 3. The van der Waals surface area contributed by atoms with Crippen LogP contribution in [-0.2, 0) is 24.8 Å². The molecule has 2 aromatic heterocycles. The molecule has 0 N–H and O–H groups in total. The van der Waals surface area contributed by atoms with E-state index < -0.39 is 26.0 Å². The summed E-state index contributed by atoms with van der Waals surface area (Å²) in [6.45, 7) is 2.82. The third-order valence-corrected chi connectivity index (χ3v) is 21.1. The lowest BCUT2D eigenvalue weighted by molar-refractivity contribution is 0.0600. The van der Waals surface area contributed by atoms with Crippen molar-refractivity contribution in [1.82, 2.24) is 28.2 Å². The largest absolute Gasteiger partial charge is 0.483 e. The van der Waals surface area contributed by atoms with E-state index >= 15 is 0 Å². The standard InChI is InChI=1S/C28H31ClN4O6S2.C26H29ClN4O4S2/c1-38-28(35)20-6-4-11-24(16-20)40-19-41(36,37)32-14-12-31(13-15-32)25-18-30-33(22-8-5-7-21(29)17-22)27(34)26(25)39-23-9-2-3-10-23;27-20-7-6-8-21(17-20)31-26(32)25(35-22-9-4-5-10-22)24(18-28-31)29-13-15-30(16-14-29)37(33,34)19-36-23-11-2-1-3-12-23/h4-8,11,16-18,23H,2-3,9-10,12-15,19H2,1H3;1-3,6-8,11-12,17-18,22H,4-5,9-10,13-16,19H2. The molecule has 0 atom stereocenters. The summed E-state index contributed by atoms with van der Waals surface area (Å²) in [4.78, 5) is 44.5. The van der Waals surface area contributed by atoms with Crippen LogP contribution in [0.2, 0.25) is 10.0 Å². The van der Waals surface area contributed by atoms with E-state index in [1.54, 1.807) is 85.2 Å². The summed E-state index contributed by atoms with van der Waals surface area (Å²) < 4.78 is 75.1. The van der Waals surface area contributed by atoms with Crippen molar-refractivity contribution in [2.75, 3.05) is 79.4 Å². The molecule has 4 aliphatic rings. The normalized spacial score (nSPS) is 16.9. The molecule has 0 radical (unpaired) electrons. The van der Waals surface area contributed by atoms with Crippen molar-refractivity contribution in [2.24, 2.45) is 0 Å². The predicted octanol–water partition coefficient (Wildman–Crippen LogP) is 8.60. The average Bonchev–Trinajstić information content (AvgIpc) is 4.26. The van der Waals surface area contributed by atoms with Crippen molar-refractivity contribution in [3.8, 4) is 22.9 Å². The first-order valence-electron chi connectivity index (χ1n) is 25.7. The molecule has 18 nitrogen and oxygen atoms in total. The van der Waals surface area contributed by atoms with Gasteiger partial charge in [0.15, 0.2) is 0 Å². The minimum absolute atomic E-state index is 0.00963. The Morgan fingerprint density at radius 1 is 0.564 bits per heavy atom. The van der Waals surface area contributed by atoms with Crippen molar-refractivity contribution in [1.29, 1.82) is 0 Å². The van der Waals surface area contributed by atoms with Crippen LogP contribution in [0, 0.1) is 0 Å². The van der Waals surface area contributed by atoms with Gasteiger partial charge < -0.3 is 24.0 Å². The SMILES string of the molecule is COC(=O)c1cccc(SCS(=O)(=O)N2CCN(c3cnn(-c4cccc(Cl)c4)c(=O)c3OC3CCCC3)CC2)c1.O=c1c(OC2CCCC2)c(N2CCN(S(=O)(=O)CSc3ccccc3)CC2)cnn1-c1cccc(Cl)c1. The van der Waals surface area contributed by atoms with Gasteiger partial charge in [-0.1, -0.05) is 59.6 Å². The molecule has 4 heterocycles. The Labute approximate surface area is 472 Å². The van der Waals surface area contributed by atoms with Crippen LogP contribution in [0.25, 0.3) is 11.4 Å². The van der Waals surface area contributed by atoms with E-state index in [0.29, 0.717) is 82.5 Å². The zero-order valence-corrected chi connectivity index (χ0v) is 47.7. The zero-order chi connectivity index (χ0) is 54.8. The molecule has 24 heteroatoms. The lowest BCUT2D eigenvalue weighted by Crippen LogP contribution is -2.49. The first-order valence-corrected chi connectivity index (χ1v) is 31.6. The van der Waals surface area contributed by atoms with Gasteiger partial charge in [0.25, 0.3) is 0 Å². The number of nitrogens with zero attached hydrogens (tertiary/aromatic N) is 8. The van der Waals surface area contributed by atoms with Crippen LogP contribution in [0.15, 0.2) is 135 Å². The molecule has 2 aliphatic carbocycles. The number of halogens is 2.